The SMILES string of the molecule is CC(C)c1ccc(OCCNC(=O)NC2CCCCC2)cc1. The Labute approximate surface area is 133 Å². The first-order chi connectivity index (χ1) is 10.6. The number of hydrogen-bond acceptors (Lipinski definition) is 2. The Hall–Kier alpha value is -1.71. The second-order valence-corrected chi connectivity index (χ2v) is 6.31. The molecule has 0 atom stereocenters. The molecule has 0 aromatic heterocycles. The average molecular weight is 304 g/mol. The topological polar surface area (TPSA) is 50.4 Å². The molecule has 1 aromatic carbocycles. The molecule has 4 heteroatoms. The Bertz CT molecular complexity index is 451. The van der Waals surface area contributed by atoms with Crippen LogP contribution in [0.4, 0.5) is 4.79 Å². The van der Waals surface area contributed by atoms with E-state index in [0.29, 0.717) is 25.1 Å². The van der Waals surface area contributed by atoms with Crippen LogP contribution in [0.15, 0.2) is 24.3 Å². The molecular formula is C18H28N2O2. The van der Waals surface area contributed by atoms with Crippen LogP contribution in [0.3, 0.4) is 0 Å². The van der Waals surface area contributed by atoms with Crippen LogP contribution < -0.4 is 15.4 Å². The molecule has 4 nitrogen and oxygen atoms in total. The zero-order valence-corrected chi connectivity index (χ0v) is 13.7. The molecule has 0 saturated heterocycles. The number of amides is 2. The minimum atomic E-state index is -0.0781. The zero-order chi connectivity index (χ0) is 15.8. The van der Waals surface area contributed by atoms with Gasteiger partial charge in [-0.15, -0.1) is 0 Å². The summed E-state index contributed by atoms with van der Waals surface area (Å²) in [4.78, 5) is 11.8. The molecule has 1 fully saturated rings. The van der Waals surface area contributed by atoms with E-state index in [1.54, 1.807) is 0 Å². The first-order valence-electron chi connectivity index (χ1n) is 8.42. The Morgan fingerprint density at radius 3 is 2.50 bits per heavy atom. The molecule has 0 bridgehead atoms. The molecular weight excluding hydrogens is 276 g/mol. The van der Waals surface area contributed by atoms with Crippen LogP contribution in [-0.4, -0.2) is 25.2 Å². The predicted octanol–water partition coefficient (Wildman–Crippen LogP) is 3.82. The first kappa shape index (κ1) is 16.7. The van der Waals surface area contributed by atoms with Crippen molar-refractivity contribution >= 4 is 6.03 Å². The van der Waals surface area contributed by atoms with Crippen molar-refractivity contribution < 1.29 is 9.53 Å². The van der Waals surface area contributed by atoms with E-state index < -0.39 is 0 Å². The van der Waals surface area contributed by atoms with E-state index in [9.17, 15) is 4.79 Å². The summed E-state index contributed by atoms with van der Waals surface area (Å²) in [6.45, 7) is 5.35. The lowest BCUT2D eigenvalue weighted by Crippen LogP contribution is -2.44. The summed E-state index contributed by atoms with van der Waals surface area (Å²) in [6, 6.07) is 8.41. The van der Waals surface area contributed by atoms with Gasteiger partial charge >= 0.3 is 6.03 Å². The fraction of sp³-hybridized carbons (Fsp3) is 0.611. The number of ether oxygens (including phenoxy) is 1. The van der Waals surface area contributed by atoms with E-state index in [-0.39, 0.29) is 6.03 Å². The third-order valence-electron chi connectivity index (χ3n) is 4.14. The van der Waals surface area contributed by atoms with Crippen molar-refractivity contribution in [2.24, 2.45) is 0 Å². The van der Waals surface area contributed by atoms with E-state index >= 15 is 0 Å². The summed E-state index contributed by atoms with van der Waals surface area (Å²) in [5, 5.41) is 5.89. The summed E-state index contributed by atoms with van der Waals surface area (Å²) in [5.74, 6) is 1.37. The third-order valence-corrected chi connectivity index (χ3v) is 4.14. The molecule has 0 heterocycles. The molecule has 2 amide bonds. The minimum Gasteiger partial charge on any atom is -0.492 e. The van der Waals surface area contributed by atoms with Crippen molar-refractivity contribution in [1.82, 2.24) is 10.6 Å². The fourth-order valence-corrected chi connectivity index (χ4v) is 2.77. The summed E-state index contributed by atoms with van der Waals surface area (Å²) >= 11 is 0. The van der Waals surface area contributed by atoms with Crippen LogP contribution in [0.25, 0.3) is 0 Å². The molecule has 0 radical (unpaired) electrons. The van der Waals surface area contributed by atoms with Gasteiger partial charge < -0.3 is 15.4 Å². The smallest absolute Gasteiger partial charge is 0.315 e. The van der Waals surface area contributed by atoms with Gasteiger partial charge in [-0.1, -0.05) is 45.2 Å². The van der Waals surface area contributed by atoms with Crippen LogP contribution in [0.5, 0.6) is 5.75 Å². The third kappa shape index (κ3) is 5.58. The highest BCUT2D eigenvalue weighted by Crippen LogP contribution is 2.18. The van der Waals surface area contributed by atoms with Gasteiger partial charge in [0.25, 0.3) is 0 Å². The Morgan fingerprint density at radius 2 is 1.86 bits per heavy atom. The lowest BCUT2D eigenvalue weighted by molar-refractivity contribution is 0.228. The highest BCUT2D eigenvalue weighted by atomic mass is 16.5. The van der Waals surface area contributed by atoms with E-state index in [4.69, 9.17) is 4.74 Å². The molecule has 0 unspecified atom stereocenters. The lowest BCUT2D eigenvalue weighted by Gasteiger charge is -2.22. The van der Waals surface area contributed by atoms with Crippen molar-refractivity contribution in [3.63, 3.8) is 0 Å². The number of benzene rings is 1. The van der Waals surface area contributed by atoms with Gasteiger partial charge in [-0.25, -0.2) is 4.79 Å². The van der Waals surface area contributed by atoms with Crippen molar-refractivity contribution in [2.45, 2.75) is 57.9 Å². The van der Waals surface area contributed by atoms with Crippen molar-refractivity contribution in [3.8, 4) is 5.75 Å². The van der Waals surface area contributed by atoms with Gasteiger partial charge in [-0.05, 0) is 36.5 Å². The predicted molar refractivity (Wildman–Crippen MR) is 89.4 cm³/mol. The zero-order valence-electron chi connectivity index (χ0n) is 13.7. The maximum absolute atomic E-state index is 11.8. The highest BCUT2D eigenvalue weighted by molar-refractivity contribution is 5.74. The van der Waals surface area contributed by atoms with Crippen molar-refractivity contribution in [2.75, 3.05) is 13.2 Å². The van der Waals surface area contributed by atoms with Crippen LogP contribution in [-0.2, 0) is 0 Å². The van der Waals surface area contributed by atoms with E-state index in [1.807, 2.05) is 12.1 Å². The Kier molecular flexibility index (Phi) is 6.56. The van der Waals surface area contributed by atoms with Gasteiger partial charge in [-0.3, -0.25) is 0 Å². The van der Waals surface area contributed by atoms with Gasteiger partial charge in [0.15, 0.2) is 0 Å². The maximum atomic E-state index is 11.8. The molecule has 122 valence electrons. The van der Waals surface area contributed by atoms with Crippen LogP contribution in [0, 0.1) is 0 Å². The van der Waals surface area contributed by atoms with Crippen LogP contribution in [0.2, 0.25) is 0 Å². The monoisotopic (exact) mass is 304 g/mol. The van der Waals surface area contributed by atoms with Crippen molar-refractivity contribution in [1.29, 1.82) is 0 Å². The van der Waals surface area contributed by atoms with Crippen LogP contribution >= 0.6 is 0 Å². The van der Waals surface area contributed by atoms with E-state index in [0.717, 1.165) is 18.6 Å². The Morgan fingerprint density at radius 1 is 1.18 bits per heavy atom. The van der Waals surface area contributed by atoms with E-state index in [1.165, 1.54) is 24.8 Å². The first-order valence-corrected chi connectivity index (χ1v) is 8.42. The second kappa shape index (κ2) is 8.66. The van der Waals surface area contributed by atoms with Gasteiger partial charge in [0.05, 0.1) is 6.54 Å². The standard InChI is InChI=1S/C18H28N2O2/c1-14(2)15-8-10-17(11-9-15)22-13-12-19-18(21)20-16-6-4-3-5-7-16/h8-11,14,16H,3-7,12-13H2,1-2H3,(H2,19,20,21). The summed E-state index contributed by atoms with van der Waals surface area (Å²) < 4.78 is 5.64. The van der Waals surface area contributed by atoms with Gasteiger partial charge in [0.1, 0.15) is 12.4 Å². The number of carbonyl (C=O) groups excluding carboxylic acids is 1. The fourth-order valence-electron chi connectivity index (χ4n) is 2.77. The molecule has 0 aliphatic heterocycles. The molecule has 22 heavy (non-hydrogen) atoms. The minimum absolute atomic E-state index is 0.0781. The largest absolute Gasteiger partial charge is 0.492 e. The van der Waals surface area contributed by atoms with Crippen LogP contribution in [0.1, 0.15) is 57.4 Å². The number of rotatable bonds is 6. The van der Waals surface area contributed by atoms with Gasteiger partial charge in [-0.2, -0.15) is 0 Å². The molecule has 1 aliphatic carbocycles. The molecule has 1 aliphatic rings. The van der Waals surface area contributed by atoms with E-state index in [2.05, 4.69) is 36.6 Å². The second-order valence-electron chi connectivity index (χ2n) is 6.31. The normalized spacial score (nSPS) is 15.6. The van der Waals surface area contributed by atoms with Crippen molar-refractivity contribution in [3.05, 3.63) is 29.8 Å². The lowest BCUT2D eigenvalue weighted by atomic mass is 9.96. The molecule has 2 N–H and O–H groups in total. The quantitative estimate of drug-likeness (QED) is 0.785. The maximum Gasteiger partial charge on any atom is 0.315 e. The summed E-state index contributed by atoms with van der Waals surface area (Å²) in [5.41, 5.74) is 1.30. The molecule has 1 saturated carbocycles. The Balaban J connectivity index is 1.60. The number of hydrogen-bond donors (Lipinski definition) is 2. The molecule has 0 spiro atoms. The van der Waals surface area contributed by atoms with Gasteiger partial charge in [0.2, 0.25) is 0 Å². The molecule has 1 aromatic rings. The molecule has 2 rings (SSSR count). The number of carbonyl (C=O) groups is 1. The summed E-state index contributed by atoms with van der Waals surface area (Å²) in [7, 11) is 0. The number of nitrogens with one attached hydrogen (secondary N) is 2. The van der Waals surface area contributed by atoms with Gasteiger partial charge in [0, 0.05) is 6.04 Å². The summed E-state index contributed by atoms with van der Waals surface area (Å²) in [6.07, 6.45) is 5.95. The highest BCUT2D eigenvalue weighted by Gasteiger charge is 2.14. The average Bonchev–Trinajstić information content (AvgIpc) is 2.53. The number of urea groups is 1.